The van der Waals surface area contributed by atoms with Gasteiger partial charge in [0, 0.05) is 18.6 Å². The Balaban J connectivity index is 1.47. The van der Waals surface area contributed by atoms with Crippen molar-refractivity contribution in [1.82, 2.24) is 40.4 Å². The maximum atomic E-state index is 13.6. The molecule has 0 unspecified atom stereocenters. The summed E-state index contributed by atoms with van der Waals surface area (Å²) < 4.78 is 114. The van der Waals surface area contributed by atoms with Gasteiger partial charge < -0.3 is 25.0 Å². The number of aromatic nitrogens is 5. The van der Waals surface area contributed by atoms with Crippen molar-refractivity contribution in [3.63, 3.8) is 0 Å². The Kier molecular flexibility index (Phi) is 7.51. The number of carbonyl (C=O) groups excluding carboxylic acids is 2. The molecule has 3 aromatic heterocycles. The molecule has 0 bridgehead atoms. The van der Waals surface area contributed by atoms with E-state index < -0.39 is 67.7 Å². The number of imidazole rings is 1. The van der Waals surface area contributed by atoms with Crippen LogP contribution in [0.4, 0.5) is 31.1 Å². The zero-order valence-corrected chi connectivity index (χ0v) is 23.4. The van der Waals surface area contributed by atoms with Crippen molar-refractivity contribution < 1.29 is 52.8 Å². The average molecular weight is 637 g/mol. The van der Waals surface area contributed by atoms with E-state index in [1.807, 2.05) is 0 Å². The highest BCUT2D eigenvalue weighted by Crippen LogP contribution is 2.40. The normalized spacial score (nSPS) is 21.2. The van der Waals surface area contributed by atoms with Crippen molar-refractivity contribution in [3.8, 4) is 0 Å². The molecule has 3 amide bonds. The van der Waals surface area contributed by atoms with E-state index >= 15 is 0 Å². The molecule has 1 saturated heterocycles. The van der Waals surface area contributed by atoms with E-state index in [4.69, 9.17) is 16.8 Å². The maximum Gasteiger partial charge on any atom is 0.416 e. The minimum atomic E-state index is -5.10. The van der Waals surface area contributed by atoms with Crippen molar-refractivity contribution in [1.29, 1.82) is 0 Å². The molecule has 3 aromatic rings. The van der Waals surface area contributed by atoms with Crippen molar-refractivity contribution in [2.24, 2.45) is 0 Å². The van der Waals surface area contributed by atoms with Crippen LogP contribution in [0.1, 0.15) is 74.9 Å². The van der Waals surface area contributed by atoms with E-state index in [1.54, 1.807) is 5.32 Å². The minimum Gasteiger partial charge on any atom is -0.382 e. The zero-order chi connectivity index (χ0) is 33.8. The van der Waals surface area contributed by atoms with Gasteiger partial charge in [-0.25, -0.2) is 18.9 Å². The van der Waals surface area contributed by atoms with Crippen LogP contribution in [0.25, 0.3) is 5.65 Å². The molecule has 1 aliphatic heterocycles. The summed E-state index contributed by atoms with van der Waals surface area (Å²) in [7, 11) is 1.20. The maximum absolute atomic E-state index is 13.6. The fraction of sp³-hybridized carbons (Fsp3) is 0.600. The summed E-state index contributed by atoms with van der Waals surface area (Å²) in [5.74, 6) is -0.854. The molecule has 0 aromatic carbocycles. The van der Waals surface area contributed by atoms with Crippen LogP contribution in [0, 0.1) is 0 Å². The lowest BCUT2D eigenvalue weighted by Crippen LogP contribution is -2.44. The molecule has 1 aliphatic carbocycles. The lowest BCUT2D eigenvalue weighted by molar-refractivity contribution is -0.265. The number of hydrogen-bond acceptors (Lipinski definition) is 9. The average Bonchev–Trinajstić information content (AvgIpc) is 3.40. The minimum absolute atomic E-state index is 0.00255. The van der Waals surface area contributed by atoms with Gasteiger partial charge in [-0.3, -0.25) is 4.79 Å². The third kappa shape index (κ3) is 6.42. The molecular formula is C25H28F6N8O5. The number of amides is 3. The van der Waals surface area contributed by atoms with E-state index in [-0.39, 0.29) is 28.5 Å². The highest BCUT2D eigenvalue weighted by Gasteiger charge is 2.50. The summed E-state index contributed by atoms with van der Waals surface area (Å²) in [5, 5.41) is 15.7. The number of carbonyl (C=O) groups is 2. The monoisotopic (exact) mass is 636 g/mol. The second-order valence-corrected chi connectivity index (χ2v) is 10.8. The number of methoxy groups -OCH3 is 1. The van der Waals surface area contributed by atoms with Gasteiger partial charge in [-0.15, -0.1) is 0 Å². The molecule has 4 heterocycles. The molecule has 44 heavy (non-hydrogen) atoms. The second-order valence-electron chi connectivity index (χ2n) is 10.8. The van der Waals surface area contributed by atoms with Crippen molar-refractivity contribution in [3.05, 3.63) is 41.1 Å². The van der Waals surface area contributed by atoms with Gasteiger partial charge in [0.25, 0.3) is 5.91 Å². The molecule has 2 fully saturated rings. The van der Waals surface area contributed by atoms with Crippen LogP contribution >= 0.6 is 0 Å². The van der Waals surface area contributed by atoms with Crippen LogP contribution in [0.5, 0.6) is 0 Å². The summed E-state index contributed by atoms with van der Waals surface area (Å²) in [6.45, 7) is -2.75. The Morgan fingerprint density at radius 1 is 1.23 bits per heavy atom. The topological polar surface area (TPSA) is 149 Å². The third-order valence-corrected chi connectivity index (χ3v) is 7.11. The molecule has 3 atom stereocenters. The van der Waals surface area contributed by atoms with E-state index in [0.717, 1.165) is 32.9 Å². The highest BCUT2D eigenvalue weighted by molar-refractivity contribution is 5.93. The fourth-order valence-electron chi connectivity index (χ4n) is 4.33. The van der Waals surface area contributed by atoms with Crippen LogP contribution < -0.4 is 10.6 Å². The summed E-state index contributed by atoms with van der Waals surface area (Å²) in [6, 6.07) is -5.58. The number of urea groups is 1. The van der Waals surface area contributed by atoms with Crippen LogP contribution in [0.15, 0.2) is 23.1 Å². The molecule has 0 radical (unpaired) electrons. The Labute approximate surface area is 248 Å². The lowest BCUT2D eigenvalue weighted by atomic mass is 10.1. The Hall–Kier alpha value is -4.00. The SMILES string of the molecule is [2H]C1([2H])[C@@H](C(F)(F)F)NC(=O)N1[C@H](COC)c1cnn2cc([C@H](COC(C)(C)C(F)(F)F)NC(=O)c3nonc3C3CC3)nc2c1. The summed E-state index contributed by atoms with van der Waals surface area (Å²) in [6.07, 6.45) is -5.93. The van der Waals surface area contributed by atoms with Gasteiger partial charge in [-0.2, -0.15) is 31.4 Å². The molecule has 1 saturated carbocycles. The summed E-state index contributed by atoms with van der Waals surface area (Å²) in [5.41, 5.74) is -2.45. The number of ether oxygens (including phenoxy) is 2. The zero-order valence-electron chi connectivity index (χ0n) is 25.4. The fourth-order valence-corrected chi connectivity index (χ4v) is 4.33. The molecule has 2 aliphatic rings. The molecule has 13 nitrogen and oxygen atoms in total. The predicted octanol–water partition coefficient (Wildman–Crippen LogP) is 3.46. The molecule has 0 spiro atoms. The van der Waals surface area contributed by atoms with Crippen LogP contribution in [-0.2, 0) is 9.47 Å². The number of fused-ring (bicyclic) bond motifs is 1. The Morgan fingerprint density at radius 3 is 2.57 bits per heavy atom. The van der Waals surface area contributed by atoms with Crippen molar-refractivity contribution in [2.75, 3.05) is 26.8 Å². The van der Waals surface area contributed by atoms with Gasteiger partial charge in [0.1, 0.15) is 11.7 Å². The van der Waals surface area contributed by atoms with E-state index in [9.17, 15) is 35.9 Å². The number of nitrogens with zero attached hydrogens (tertiary/aromatic N) is 6. The van der Waals surface area contributed by atoms with Gasteiger partial charge in [0.05, 0.1) is 52.6 Å². The first kappa shape index (κ1) is 28.8. The first-order chi connectivity index (χ1) is 21.3. The first-order valence-corrected chi connectivity index (χ1v) is 13.2. The van der Waals surface area contributed by atoms with Gasteiger partial charge in [0.2, 0.25) is 0 Å². The van der Waals surface area contributed by atoms with Gasteiger partial charge in [-0.1, -0.05) is 5.16 Å². The van der Waals surface area contributed by atoms with Crippen LogP contribution in [-0.4, -0.2) is 92.6 Å². The molecular weight excluding hydrogens is 606 g/mol. The molecule has 5 rings (SSSR count). The van der Waals surface area contributed by atoms with E-state index in [1.165, 1.54) is 23.9 Å². The number of alkyl halides is 6. The quantitative estimate of drug-likeness (QED) is 0.302. The van der Waals surface area contributed by atoms with Crippen molar-refractivity contribution >= 4 is 17.6 Å². The Morgan fingerprint density at radius 2 is 1.95 bits per heavy atom. The van der Waals surface area contributed by atoms with E-state index in [0.29, 0.717) is 10.6 Å². The summed E-state index contributed by atoms with van der Waals surface area (Å²) in [4.78, 5) is 30.5. The molecule has 240 valence electrons. The third-order valence-electron chi connectivity index (χ3n) is 7.11. The van der Waals surface area contributed by atoms with Crippen LogP contribution in [0.3, 0.4) is 0 Å². The summed E-state index contributed by atoms with van der Waals surface area (Å²) >= 11 is 0. The predicted molar refractivity (Wildman–Crippen MR) is 135 cm³/mol. The van der Waals surface area contributed by atoms with Gasteiger partial charge >= 0.3 is 18.4 Å². The second kappa shape index (κ2) is 11.5. The largest absolute Gasteiger partial charge is 0.416 e. The first-order valence-electron chi connectivity index (χ1n) is 14.2. The van der Waals surface area contributed by atoms with Gasteiger partial charge in [0.15, 0.2) is 16.9 Å². The van der Waals surface area contributed by atoms with Gasteiger partial charge in [-0.05, 0) is 37.9 Å². The number of nitrogens with one attached hydrogen (secondary N) is 2. The van der Waals surface area contributed by atoms with Crippen molar-refractivity contribution in [2.45, 2.75) is 68.7 Å². The van der Waals surface area contributed by atoms with Crippen LogP contribution in [0.2, 0.25) is 0 Å². The number of halogens is 6. The standard InChI is InChI=1S/C25H28F6N8O5/c1-23(2,25(29,30)31)43-10-15(34-21(40)20-19(12-4-5-12)36-44-37-20)14-8-39-18(33-14)6-13(7-32-39)16(11-42-3)38-9-17(24(26,27)28)35-22(38)41/h6-8,12,15-17H,4-5,9-11H2,1-3H3,(H,34,40)(H,35,41)/t15-,16+,17-/m0/s1/i9D2. The number of hydrogen-bond donors (Lipinski definition) is 2. The number of rotatable bonds is 11. The Bertz CT molecular complexity index is 1610. The van der Waals surface area contributed by atoms with E-state index in [2.05, 4.69) is 25.7 Å². The highest BCUT2D eigenvalue weighted by atomic mass is 19.4. The molecule has 2 N–H and O–H groups in total. The lowest BCUT2D eigenvalue weighted by Gasteiger charge is -2.29. The smallest absolute Gasteiger partial charge is 0.382 e. The molecule has 19 heteroatoms.